The Morgan fingerprint density at radius 1 is 1.17 bits per heavy atom. The van der Waals surface area contributed by atoms with Crippen molar-refractivity contribution < 1.29 is 13.2 Å². The quantitative estimate of drug-likeness (QED) is 0.644. The van der Waals surface area contributed by atoms with E-state index in [4.69, 9.17) is 16.6 Å². The van der Waals surface area contributed by atoms with Crippen LogP contribution in [0.1, 0.15) is 10.6 Å². The van der Waals surface area contributed by atoms with E-state index in [9.17, 15) is 8.78 Å². The second-order valence-electron chi connectivity index (χ2n) is 5.07. The Morgan fingerprint density at radius 3 is 2.71 bits per heavy atom. The van der Waals surface area contributed by atoms with Crippen LogP contribution in [0.2, 0.25) is 0 Å². The molecule has 0 bridgehead atoms. The van der Waals surface area contributed by atoms with Crippen molar-refractivity contribution in [3.8, 4) is 0 Å². The largest absolute Gasteiger partial charge is 0.467 e. The highest BCUT2D eigenvalue weighted by molar-refractivity contribution is 7.80. The summed E-state index contributed by atoms with van der Waals surface area (Å²) in [6, 6.07) is 10.9. The number of nitrogens with one attached hydrogen (secondary N) is 1. The lowest BCUT2D eigenvalue weighted by molar-refractivity contribution is 0.362. The normalized spacial score (nSPS) is 10.6. The summed E-state index contributed by atoms with van der Waals surface area (Å²) in [5.74, 6) is -0.572. The van der Waals surface area contributed by atoms with Gasteiger partial charge in [-0.05, 0) is 47.9 Å². The summed E-state index contributed by atoms with van der Waals surface area (Å²) in [7, 11) is 0. The van der Waals surface area contributed by atoms with Crippen LogP contribution in [0.15, 0.2) is 58.5 Å². The van der Waals surface area contributed by atoms with Crippen LogP contribution < -0.4 is 5.32 Å². The molecular weight excluding hydrogens is 350 g/mol. The second-order valence-corrected chi connectivity index (χ2v) is 6.49. The maximum atomic E-state index is 13.8. The maximum Gasteiger partial charge on any atom is 0.174 e. The molecule has 0 saturated heterocycles. The summed E-state index contributed by atoms with van der Waals surface area (Å²) in [4.78, 5) is 2.98. The number of rotatable bonds is 5. The van der Waals surface area contributed by atoms with Crippen LogP contribution in [0.3, 0.4) is 0 Å². The number of hydrogen-bond donors (Lipinski definition) is 1. The van der Waals surface area contributed by atoms with E-state index < -0.39 is 11.6 Å². The molecule has 0 amide bonds. The zero-order chi connectivity index (χ0) is 16.9. The van der Waals surface area contributed by atoms with Gasteiger partial charge >= 0.3 is 0 Å². The van der Waals surface area contributed by atoms with E-state index in [1.165, 1.54) is 12.1 Å². The van der Waals surface area contributed by atoms with Crippen molar-refractivity contribution in [3.05, 3.63) is 76.4 Å². The standard InChI is InChI=1S/C17H14F2N2OS2/c18-12-5-6-16(15(19)9-12)20-17(23)21(10-13-3-1-7-22-13)11-14-4-2-8-24-14/h1-9H,10-11H2,(H,20,23). The van der Waals surface area contributed by atoms with Crippen molar-refractivity contribution in [1.82, 2.24) is 4.90 Å². The molecule has 1 N–H and O–H groups in total. The third-order valence-corrected chi connectivity index (χ3v) is 4.53. The number of thiocarbonyl (C=S) groups is 1. The van der Waals surface area contributed by atoms with Gasteiger partial charge in [-0.1, -0.05) is 6.07 Å². The van der Waals surface area contributed by atoms with Gasteiger partial charge in [-0.15, -0.1) is 11.3 Å². The highest BCUT2D eigenvalue weighted by Gasteiger charge is 2.15. The van der Waals surface area contributed by atoms with E-state index >= 15 is 0 Å². The van der Waals surface area contributed by atoms with Gasteiger partial charge in [-0.25, -0.2) is 8.78 Å². The van der Waals surface area contributed by atoms with Gasteiger partial charge in [0, 0.05) is 10.9 Å². The van der Waals surface area contributed by atoms with Gasteiger partial charge in [0.15, 0.2) is 5.11 Å². The number of thiophene rings is 1. The van der Waals surface area contributed by atoms with Gasteiger partial charge in [0.2, 0.25) is 0 Å². The molecule has 7 heteroatoms. The molecule has 24 heavy (non-hydrogen) atoms. The molecule has 0 unspecified atom stereocenters. The van der Waals surface area contributed by atoms with Crippen LogP contribution in [0, 0.1) is 11.6 Å². The molecule has 3 nitrogen and oxygen atoms in total. The smallest absolute Gasteiger partial charge is 0.174 e. The molecule has 0 radical (unpaired) electrons. The first-order chi connectivity index (χ1) is 11.6. The average Bonchev–Trinajstić information content (AvgIpc) is 3.23. The van der Waals surface area contributed by atoms with Gasteiger partial charge < -0.3 is 14.6 Å². The van der Waals surface area contributed by atoms with Crippen LogP contribution >= 0.6 is 23.6 Å². The maximum absolute atomic E-state index is 13.8. The van der Waals surface area contributed by atoms with E-state index in [0.29, 0.717) is 18.2 Å². The van der Waals surface area contributed by atoms with Crippen molar-refractivity contribution in [1.29, 1.82) is 0 Å². The van der Waals surface area contributed by atoms with Crippen molar-refractivity contribution in [2.45, 2.75) is 13.1 Å². The first-order valence-corrected chi connectivity index (χ1v) is 8.46. The third kappa shape index (κ3) is 4.18. The first-order valence-electron chi connectivity index (χ1n) is 7.17. The molecule has 0 saturated carbocycles. The minimum atomic E-state index is -0.688. The summed E-state index contributed by atoms with van der Waals surface area (Å²) in [5, 5.41) is 5.16. The monoisotopic (exact) mass is 364 g/mol. The summed E-state index contributed by atoms with van der Waals surface area (Å²) in [5.41, 5.74) is 0.136. The Bertz CT molecular complexity index is 768. The first kappa shape index (κ1) is 16.6. The number of anilines is 1. The third-order valence-electron chi connectivity index (χ3n) is 3.31. The molecule has 124 valence electrons. The van der Waals surface area contributed by atoms with Gasteiger partial charge in [-0.2, -0.15) is 0 Å². The van der Waals surface area contributed by atoms with E-state index in [2.05, 4.69) is 5.32 Å². The van der Waals surface area contributed by atoms with Crippen molar-refractivity contribution in [3.63, 3.8) is 0 Å². The molecule has 0 aliphatic carbocycles. The average molecular weight is 364 g/mol. The Labute approximate surface area is 147 Å². The van der Waals surface area contributed by atoms with E-state index in [0.717, 1.165) is 16.7 Å². The fourth-order valence-corrected chi connectivity index (χ4v) is 3.12. The lowest BCUT2D eigenvalue weighted by Gasteiger charge is -2.24. The number of furan rings is 1. The van der Waals surface area contributed by atoms with E-state index in [-0.39, 0.29) is 5.69 Å². The van der Waals surface area contributed by atoms with E-state index in [1.54, 1.807) is 23.7 Å². The topological polar surface area (TPSA) is 28.4 Å². The van der Waals surface area contributed by atoms with Crippen LogP contribution in [-0.4, -0.2) is 10.0 Å². The second kappa shape index (κ2) is 7.55. The molecule has 3 rings (SSSR count). The zero-order valence-electron chi connectivity index (χ0n) is 12.5. The zero-order valence-corrected chi connectivity index (χ0v) is 14.2. The molecule has 3 aromatic rings. The minimum Gasteiger partial charge on any atom is -0.467 e. The lowest BCUT2D eigenvalue weighted by Crippen LogP contribution is -2.33. The Kier molecular flexibility index (Phi) is 5.22. The molecule has 0 aliphatic rings. The Balaban J connectivity index is 1.76. The van der Waals surface area contributed by atoms with Gasteiger partial charge in [-0.3, -0.25) is 0 Å². The summed E-state index contributed by atoms with van der Waals surface area (Å²) >= 11 is 7.02. The molecule has 2 aromatic heterocycles. The van der Waals surface area contributed by atoms with Crippen LogP contribution in [0.25, 0.3) is 0 Å². The molecule has 0 spiro atoms. The fourth-order valence-electron chi connectivity index (χ4n) is 2.17. The molecule has 0 atom stereocenters. The van der Waals surface area contributed by atoms with Gasteiger partial charge in [0.05, 0.1) is 25.0 Å². The predicted octanol–water partition coefficient (Wildman–Crippen LogP) is 5.02. The summed E-state index contributed by atoms with van der Waals surface area (Å²) in [6.45, 7) is 1.01. The van der Waals surface area contributed by atoms with Crippen molar-refractivity contribution >= 4 is 34.4 Å². The predicted molar refractivity (Wildman–Crippen MR) is 94.9 cm³/mol. The molecule has 0 fully saturated rings. The van der Waals surface area contributed by atoms with Crippen LogP contribution in [-0.2, 0) is 13.1 Å². The molecule has 2 heterocycles. The number of nitrogens with zero attached hydrogens (tertiary/aromatic N) is 1. The highest BCUT2D eigenvalue weighted by atomic mass is 32.1. The summed E-state index contributed by atoms with van der Waals surface area (Å²) < 4.78 is 32.2. The van der Waals surface area contributed by atoms with Crippen LogP contribution in [0.4, 0.5) is 14.5 Å². The van der Waals surface area contributed by atoms with Crippen molar-refractivity contribution in [2.75, 3.05) is 5.32 Å². The Hall–Kier alpha value is -2.25. The number of benzene rings is 1. The fraction of sp³-hybridized carbons (Fsp3) is 0.118. The Morgan fingerprint density at radius 2 is 2.04 bits per heavy atom. The van der Waals surface area contributed by atoms with Gasteiger partial charge in [0.1, 0.15) is 17.4 Å². The summed E-state index contributed by atoms with van der Waals surface area (Å²) in [6.07, 6.45) is 1.59. The lowest BCUT2D eigenvalue weighted by atomic mass is 10.3. The van der Waals surface area contributed by atoms with Crippen molar-refractivity contribution in [2.24, 2.45) is 0 Å². The molecular formula is C17H14F2N2OS2. The number of halogens is 2. The number of hydrogen-bond acceptors (Lipinski definition) is 3. The van der Waals surface area contributed by atoms with Gasteiger partial charge in [0.25, 0.3) is 0 Å². The van der Waals surface area contributed by atoms with E-state index in [1.807, 2.05) is 28.5 Å². The minimum absolute atomic E-state index is 0.136. The van der Waals surface area contributed by atoms with Crippen LogP contribution in [0.5, 0.6) is 0 Å². The molecule has 1 aromatic carbocycles. The highest BCUT2D eigenvalue weighted by Crippen LogP contribution is 2.19. The molecule has 0 aliphatic heterocycles. The SMILES string of the molecule is Fc1ccc(NC(=S)N(Cc2ccco2)Cc2cccs2)c(F)c1.